The highest BCUT2D eigenvalue weighted by molar-refractivity contribution is 6.32. The number of hydrogen-bond donors (Lipinski definition) is 3. The van der Waals surface area contributed by atoms with Gasteiger partial charge in [-0.25, -0.2) is 4.99 Å². The number of benzene rings is 1. The highest BCUT2D eigenvalue weighted by Gasteiger charge is 2.24. The predicted molar refractivity (Wildman–Crippen MR) is 149 cm³/mol. The van der Waals surface area contributed by atoms with E-state index in [1.807, 2.05) is 54.2 Å². The Kier molecular flexibility index (Phi) is 8.81. The number of aromatic nitrogens is 2. The molecule has 9 nitrogen and oxygen atoms in total. The molecule has 0 unspecified atom stereocenters. The fraction of sp³-hybridized carbons (Fsp3) is 0.296. The third-order valence-corrected chi connectivity index (χ3v) is 6.40. The van der Waals surface area contributed by atoms with Crippen LogP contribution >= 0.6 is 11.6 Å². The Morgan fingerprint density at radius 2 is 2.11 bits per heavy atom. The summed E-state index contributed by atoms with van der Waals surface area (Å²) in [4.78, 5) is 23.5. The molecule has 1 atom stereocenters. The van der Waals surface area contributed by atoms with Crippen LogP contribution in [-0.4, -0.2) is 46.4 Å². The molecular formula is C27H32ClN7O2. The normalized spacial score (nSPS) is 14.5. The number of aliphatic imine (C=N–C) groups is 1. The van der Waals surface area contributed by atoms with Crippen LogP contribution in [-0.2, 0) is 11.4 Å². The molecule has 3 heterocycles. The molecule has 37 heavy (non-hydrogen) atoms. The summed E-state index contributed by atoms with van der Waals surface area (Å²) >= 11 is 6.49. The summed E-state index contributed by atoms with van der Waals surface area (Å²) in [5.74, 6) is 0.405. The van der Waals surface area contributed by atoms with Crippen molar-refractivity contribution in [3.05, 3.63) is 82.9 Å². The monoisotopic (exact) mass is 521 g/mol. The average molecular weight is 522 g/mol. The SMILES string of the molecule is CCN(CC)C/C=C/C(=O)Nc1cn2c(c1C)[C@@H](Nc1ccc(OCc3ccccn3)c(Cl)c1)N=CN2. The van der Waals surface area contributed by atoms with E-state index in [-0.39, 0.29) is 12.1 Å². The molecule has 3 N–H and O–H groups in total. The lowest BCUT2D eigenvalue weighted by atomic mass is 10.2. The zero-order valence-corrected chi connectivity index (χ0v) is 22.0. The Bertz CT molecular complexity index is 1270. The average Bonchev–Trinajstić information content (AvgIpc) is 3.22. The van der Waals surface area contributed by atoms with Crippen molar-refractivity contribution in [2.24, 2.45) is 4.99 Å². The van der Waals surface area contributed by atoms with Gasteiger partial charge in [-0.3, -0.25) is 19.9 Å². The first kappa shape index (κ1) is 26.2. The van der Waals surface area contributed by atoms with Gasteiger partial charge in [0.2, 0.25) is 5.91 Å². The van der Waals surface area contributed by atoms with Gasteiger partial charge in [-0.15, -0.1) is 0 Å². The van der Waals surface area contributed by atoms with Gasteiger partial charge in [0.1, 0.15) is 18.7 Å². The van der Waals surface area contributed by atoms with E-state index in [2.05, 4.69) is 44.8 Å². The van der Waals surface area contributed by atoms with E-state index in [9.17, 15) is 4.79 Å². The van der Waals surface area contributed by atoms with E-state index in [1.165, 1.54) is 0 Å². The van der Waals surface area contributed by atoms with Gasteiger partial charge in [-0.2, -0.15) is 0 Å². The second kappa shape index (κ2) is 12.4. The van der Waals surface area contributed by atoms with E-state index in [1.54, 1.807) is 24.7 Å². The highest BCUT2D eigenvalue weighted by Crippen LogP contribution is 2.33. The van der Waals surface area contributed by atoms with Crippen molar-refractivity contribution in [2.45, 2.75) is 33.5 Å². The molecule has 0 radical (unpaired) electrons. The van der Waals surface area contributed by atoms with Crippen LogP contribution in [0.25, 0.3) is 0 Å². The van der Waals surface area contributed by atoms with Gasteiger partial charge in [-0.1, -0.05) is 37.6 Å². The fourth-order valence-electron chi connectivity index (χ4n) is 4.00. The molecule has 10 heteroatoms. The molecule has 1 aromatic carbocycles. The zero-order chi connectivity index (χ0) is 26.2. The van der Waals surface area contributed by atoms with Crippen LogP contribution < -0.4 is 20.8 Å². The molecule has 4 rings (SSSR count). The molecule has 3 aromatic rings. The number of carbonyl (C=O) groups is 1. The van der Waals surface area contributed by atoms with Gasteiger partial charge in [-0.05, 0) is 55.9 Å². The summed E-state index contributed by atoms with van der Waals surface area (Å²) in [6, 6.07) is 11.2. The number of hydrogen-bond acceptors (Lipinski definition) is 7. The maximum Gasteiger partial charge on any atom is 0.248 e. The minimum atomic E-state index is -0.374. The lowest BCUT2D eigenvalue weighted by molar-refractivity contribution is -0.111. The molecule has 0 saturated heterocycles. The van der Waals surface area contributed by atoms with E-state index in [0.717, 1.165) is 42.3 Å². The maximum absolute atomic E-state index is 12.5. The Morgan fingerprint density at radius 1 is 1.27 bits per heavy atom. The van der Waals surface area contributed by atoms with Crippen molar-refractivity contribution in [1.82, 2.24) is 14.6 Å². The third-order valence-electron chi connectivity index (χ3n) is 6.11. The summed E-state index contributed by atoms with van der Waals surface area (Å²) in [5.41, 5.74) is 7.22. The number of fused-ring (bicyclic) bond motifs is 1. The molecule has 0 spiro atoms. The summed E-state index contributed by atoms with van der Waals surface area (Å²) < 4.78 is 7.67. The van der Waals surface area contributed by atoms with Crippen molar-refractivity contribution < 1.29 is 9.53 Å². The fourth-order valence-corrected chi connectivity index (χ4v) is 4.23. The minimum absolute atomic E-state index is 0.170. The van der Waals surface area contributed by atoms with Gasteiger partial charge in [0.15, 0.2) is 6.17 Å². The smallest absolute Gasteiger partial charge is 0.248 e. The quantitative estimate of drug-likeness (QED) is 0.309. The Labute approximate surface area is 222 Å². The van der Waals surface area contributed by atoms with Gasteiger partial charge < -0.3 is 20.3 Å². The predicted octanol–water partition coefficient (Wildman–Crippen LogP) is 4.96. The molecule has 1 aliphatic heterocycles. The minimum Gasteiger partial charge on any atom is -0.486 e. The third kappa shape index (κ3) is 6.69. The summed E-state index contributed by atoms with van der Waals surface area (Å²) in [5, 5.41) is 6.86. The largest absolute Gasteiger partial charge is 0.486 e. The first-order chi connectivity index (χ1) is 18.0. The van der Waals surface area contributed by atoms with E-state index < -0.39 is 0 Å². The van der Waals surface area contributed by atoms with Crippen LogP contribution in [0.1, 0.15) is 37.0 Å². The van der Waals surface area contributed by atoms with Gasteiger partial charge >= 0.3 is 0 Å². The van der Waals surface area contributed by atoms with Crippen molar-refractivity contribution in [1.29, 1.82) is 0 Å². The van der Waals surface area contributed by atoms with Gasteiger partial charge in [0.25, 0.3) is 0 Å². The number of nitrogens with one attached hydrogen (secondary N) is 3. The molecule has 0 saturated carbocycles. The van der Waals surface area contributed by atoms with Crippen LogP contribution in [0.4, 0.5) is 11.4 Å². The molecule has 1 aliphatic rings. The van der Waals surface area contributed by atoms with E-state index >= 15 is 0 Å². The number of anilines is 2. The van der Waals surface area contributed by atoms with E-state index in [4.69, 9.17) is 16.3 Å². The molecular weight excluding hydrogens is 490 g/mol. The van der Waals surface area contributed by atoms with Crippen LogP contribution in [0.3, 0.4) is 0 Å². The number of halogens is 1. The standard InChI is InChI=1S/C27H32ClN7O2/c1-4-34(5-2)14-8-10-25(36)33-23-16-35-26(19(23)3)27(30-18-31-35)32-20-11-12-24(22(28)15-20)37-17-21-9-6-7-13-29-21/h6-13,15-16,18,27,32H,4-5,14,17H2,1-3H3,(H,30,31)(H,33,36)/b10-8+/t27-/m1/s1. The number of rotatable bonds is 11. The zero-order valence-electron chi connectivity index (χ0n) is 21.2. The van der Waals surface area contributed by atoms with Crippen LogP contribution in [0, 0.1) is 6.92 Å². The van der Waals surface area contributed by atoms with Crippen molar-refractivity contribution in [3.8, 4) is 5.75 Å². The Hall–Kier alpha value is -3.82. The number of nitrogens with zero attached hydrogens (tertiary/aromatic N) is 4. The maximum atomic E-state index is 12.5. The number of carbonyl (C=O) groups excluding carboxylic acids is 1. The molecule has 2 aromatic heterocycles. The van der Waals surface area contributed by atoms with Crippen LogP contribution in [0.5, 0.6) is 5.75 Å². The summed E-state index contributed by atoms with van der Waals surface area (Å²) in [6.45, 7) is 9.12. The van der Waals surface area contributed by atoms with E-state index in [0.29, 0.717) is 23.1 Å². The van der Waals surface area contributed by atoms with Crippen molar-refractivity contribution in [3.63, 3.8) is 0 Å². The number of likely N-dealkylation sites (N-methyl/N-ethyl adjacent to an activating group) is 1. The highest BCUT2D eigenvalue weighted by atomic mass is 35.5. The molecule has 194 valence electrons. The molecule has 0 bridgehead atoms. The first-order valence-electron chi connectivity index (χ1n) is 12.3. The van der Waals surface area contributed by atoms with Gasteiger partial charge in [0.05, 0.1) is 28.3 Å². The number of ether oxygens (including phenoxy) is 1. The lowest BCUT2D eigenvalue weighted by Crippen LogP contribution is -2.25. The van der Waals surface area contributed by atoms with Crippen LogP contribution in [0.2, 0.25) is 5.02 Å². The summed E-state index contributed by atoms with van der Waals surface area (Å²) in [6.07, 6.45) is 8.28. The Morgan fingerprint density at radius 3 is 2.84 bits per heavy atom. The topological polar surface area (TPSA) is 95.8 Å². The second-order valence-electron chi connectivity index (χ2n) is 8.51. The number of pyridine rings is 1. The second-order valence-corrected chi connectivity index (χ2v) is 8.92. The molecule has 0 fully saturated rings. The lowest BCUT2D eigenvalue weighted by Gasteiger charge is -2.23. The Balaban J connectivity index is 1.41. The van der Waals surface area contributed by atoms with Crippen molar-refractivity contribution >= 4 is 35.2 Å². The summed E-state index contributed by atoms with van der Waals surface area (Å²) in [7, 11) is 0. The molecule has 1 amide bonds. The number of amides is 1. The van der Waals surface area contributed by atoms with Gasteiger partial charge in [0, 0.05) is 24.5 Å². The van der Waals surface area contributed by atoms with Crippen molar-refractivity contribution in [2.75, 3.05) is 35.7 Å². The molecule has 0 aliphatic carbocycles. The van der Waals surface area contributed by atoms with Crippen LogP contribution in [0.15, 0.2) is 65.9 Å². The first-order valence-corrected chi connectivity index (χ1v) is 12.6.